The van der Waals surface area contributed by atoms with Crippen molar-refractivity contribution < 1.29 is 19.8 Å². The van der Waals surface area contributed by atoms with Crippen LogP contribution in [0.2, 0.25) is 0 Å². The molecule has 0 aromatic carbocycles. The highest BCUT2D eigenvalue weighted by atomic mass is 16.4. The number of nitrogens with one attached hydrogen (secondary N) is 1. The molecule has 4 aliphatic rings. The van der Waals surface area contributed by atoms with Crippen LogP contribution in [-0.4, -0.2) is 51.1 Å². The number of ketones is 1. The number of rotatable bonds is 4. The number of fused-ring (bicyclic) bond motifs is 3. The summed E-state index contributed by atoms with van der Waals surface area (Å²) in [6.45, 7) is 8.26. The normalized spacial score (nSPS) is 31.2. The Morgan fingerprint density at radius 2 is 2.10 bits per heavy atom. The molecule has 0 radical (unpaired) electrons. The molecule has 3 N–H and O–H groups in total. The standard InChI is InChI=1S/C24H34N2O4/c1-5-24(30,21(22(28)29)23(2,3)4)16-11-14-10-15-13-26-9-7-6-8-17(26)19(15)25-20(14)18(27)12-16/h7,9,12,15,17,19,21,25,30H,5-6,8,10-11,13H2,1-4H3,(H,28,29). The summed E-state index contributed by atoms with van der Waals surface area (Å²) in [6, 6.07) is 0.705. The molecule has 0 amide bonds. The number of carboxylic acids is 1. The lowest BCUT2D eigenvalue weighted by Crippen LogP contribution is -2.52. The van der Waals surface area contributed by atoms with Crippen LogP contribution < -0.4 is 5.32 Å². The van der Waals surface area contributed by atoms with Crippen LogP contribution in [0.4, 0.5) is 0 Å². The average Bonchev–Trinajstić information content (AvgIpc) is 3.02. The number of carbonyl (C=O) groups is 2. The summed E-state index contributed by atoms with van der Waals surface area (Å²) < 4.78 is 0. The molecule has 0 spiro atoms. The summed E-state index contributed by atoms with van der Waals surface area (Å²) in [5.41, 5.74) is 0.0496. The van der Waals surface area contributed by atoms with Crippen molar-refractivity contribution in [3.8, 4) is 0 Å². The van der Waals surface area contributed by atoms with Gasteiger partial charge in [0.15, 0.2) is 0 Å². The Morgan fingerprint density at radius 3 is 2.73 bits per heavy atom. The first-order valence-corrected chi connectivity index (χ1v) is 11.2. The molecular formula is C24H34N2O4. The number of aliphatic hydroxyl groups is 1. The molecule has 1 fully saturated rings. The van der Waals surface area contributed by atoms with Gasteiger partial charge < -0.3 is 20.4 Å². The van der Waals surface area contributed by atoms with Crippen molar-refractivity contribution in [1.29, 1.82) is 0 Å². The predicted octanol–water partition coefficient (Wildman–Crippen LogP) is 3.00. The van der Waals surface area contributed by atoms with Crippen LogP contribution >= 0.6 is 0 Å². The Morgan fingerprint density at radius 1 is 1.37 bits per heavy atom. The van der Waals surface area contributed by atoms with E-state index >= 15 is 0 Å². The van der Waals surface area contributed by atoms with E-state index < -0.39 is 22.9 Å². The molecule has 4 rings (SSSR count). The third kappa shape index (κ3) is 3.29. The Labute approximate surface area is 178 Å². The first kappa shape index (κ1) is 21.2. The molecule has 0 aromatic heterocycles. The number of carbonyl (C=O) groups excluding carboxylic acids is 1. The van der Waals surface area contributed by atoms with E-state index in [4.69, 9.17) is 0 Å². The number of hydrogen-bond donors (Lipinski definition) is 3. The highest BCUT2D eigenvalue weighted by Crippen LogP contribution is 2.47. The second-order valence-electron chi connectivity index (χ2n) is 10.5. The third-order valence-electron chi connectivity index (χ3n) is 7.53. The van der Waals surface area contributed by atoms with Gasteiger partial charge in [-0.15, -0.1) is 0 Å². The Bertz CT molecular complexity index is 850. The second-order valence-corrected chi connectivity index (χ2v) is 10.5. The molecule has 6 nitrogen and oxygen atoms in total. The summed E-state index contributed by atoms with van der Waals surface area (Å²) >= 11 is 0. The first-order chi connectivity index (χ1) is 14.1. The molecule has 0 bridgehead atoms. The van der Waals surface area contributed by atoms with E-state index in [9.17, 15) is 19.8 Å². The van der Waals surface area contributed by atoms with Crippen LogP contribution in [0, 0.1) is 17.3 Å². The SMILES string of the molecule is CCC(O)(C1=CC(=O)C2=C(C1)CC1CN3C=CCCC3C1N2)C(C(=O)O)C(C)(C)C. The van der Waals surface area contributed by atoms with E-state index in [1.54, 1.807) is 6.92 Å². The lowest BCUT2D eigenvalue weighted by molar-refractivity contribution is -0.157. The van der Waals surface area contributed by atoms with E-state index in [1.807, 2.05) is 20.8 Å². The van der Waals surface area contributed by atoms with Crippen LogP contribution in [0.5, 0.6) is 0 Å². The summed E-state index contributed by atoms with van der Waals surface area (Å²) in [4.78, 5) is 27.6. The van der Waals surface area contributed by atoms with Crippen molar-refractivity contribution in [3.05, 3.63) is 35.2 Å². The summed E-state index contributed by atoms with van der Waals surface area (Å²) in [5, 5.41) is 25.1. The zero-order valence-electron chi connectivity index (χ0n) is 18.4. The van der Waals surface area contributed by atoms with Crippen LogP contribution in [0.3, 0.4) is 0 Å². The van der Waals surface area contributed by atoms with Crippen molar-refractivity contribution in [3.63, 3.8) is 0 Å². The largest absolute Gasteiger partial charge is 0.481 e. The zero-order chi connectivity index (χ0) is 21.8. The Balaban J connectivity index is 1.63. The van der Waals surface area contributed by atoms with Gasteiger partial charge in [-0.05, 0) is 60.9 Å². The highest BCUT2D eigenvalue weighted by molar-refractivity contribution is 6.06. The van der Waals surface area contributed by atoms with Gasteiger partial charge in [0.25, 0.3) is 0 Å². The number of nitrogens with zero attached hydrogens (tertiary/aromatic N) is 1. The van der Waals surface area contributed by atoms with E-state index in [2.05, 4.69) is 22.5 Å². The van der Waals surface area contributed by atoms with Crippen LogP contribution in [0.1, 0.15) is 59.8 Å². The van der Waals surface area contributed by atoms with Crippen molar-refractivity contribution in [1.82, 2.24) is 10.2 Å². The molecule has 5 unspecified atom stereocenters. The van der Waals surface area contributed by atoms with Gasteiger partial charge in [0.05, 0.1) is 23.3 Å². The number of carboxylic acid groups (broad SMARTS) is 1. The molecule has 1 saturated heterocycles. The molecule has 0 saturated carbocycles. The molecule has 0 aromatic rings. The molecule has 30 heavy (non-hydrogen) atoms. The van der Waals surface area contributed by atoms with Gasteiger partial charge in [-0.3, -0.25) is 9.59 Å². The topological polar surface area (TPSA) is 89.9 Å². The second kappa shape index (κ2) is 7.26. The number of hydrogen-bond acceptors (Lipinski definition) is 5. The zero-order valence-corrected chi connectivity index (χ0v) is 18.4. The minimum Gasteiger partial charge on any atom is -0.481 e. The minimum absolute atomic E-state index is 0.126. The van der Waals surface area contributed by atoms with Gasteiger partial charge in [0, 0.05) is 18.5 Å². The summed E-state index contributed by atoms with van der Waals surface area (Å²) in [5.74, 6) is -1.72. The predicted molar refractivity (Wildman–Crippen MR) is 114 cm³/mol. The fourth-order valence-corrected chi connectivity index (χ4v) is 6.23. The van der Waals surface area contributed by atoms with E-state index in [0.29, 0.717) is 29.7 Å². The smallest absolute Gasteiger partial charge is 0.310 e. The number of allylic oxidation sites excluding steroid dienone is 3. The fourth-order valence-electron chi connectivity index (χ4n) is 6.23. The van der Waals surface area contributed by atoms with Gasteiger partial charge in [-0.2, -0.15) is 0 Å². The van der Waals surface area contributed by atoms with Crippen molar-refractivity contribution >= 4 is 11.8 Å². The molecule has 5 atom stereocenters. The summed E-state index contributed by atoms with van der Waals surface area (Å²) in [7, 11) is 0. The number of aliphatic carboxylic acids is 1. The van der Waals surface area contributed by atoms with Crippen LogP contribution in [-0.2, 0) is 9.59 Å². The average molecular weight is 415 g/mol. The monoisotopic (exact) mass is 414 g/mol. The van der Waals surface area contributed by atoms with Gasteiger partial charge in [-0.1, -0.05) is 33.8 Å². The quantitative estimate of drug-likeness (QED) is 0.655. The summed E-state index contributed by atoms with van der Waals surface area (Å²) in [6.07, 6.45) is 9.62. The van der Waals surface area contributed by atoms with Gasteiger partial charge in [0.1, 0.15) is 0 Å². The van der Waals surface area contributed by atoms with Crippen LogP contribution in [0.15, 0.2) is 35.2 Å². The molecule has 1 aliphatic carbocycles. The Kier molecular flexibility index (Phi) is 5.12. The lowest BCUT2D eigenvalue weighted by Gasteiger charge is -2.44. The van der Waals surface area contributed by atoms with Crippen molar-refractivity contribution in [2.75, 3.05) is 6.54 Å². The maximum atomic E-state index is 13.1. The maximum absolute atomic E-state index is 13.1. The molecule has 6 heteroatoms. The molecule has 3 heterocycles. The first-order valence-electron chi connectivity index (χ1n) is 11.2. The van der Waals surface area contributed by atoms with Gasteiger partial charge >= 0.3 is 5.97 Å². The van der Waals surface area contributed by atoms with E-state index in [0.717, 1.165) is 31.4 Å². The molecule has 164 valence electrons. The van der Waals surface area contributed by atoms with E-state index in [-0.39, 0.29) is 18.2 Å². The third-order valence-corrected chi connectivity index (χ3v) is 7.53. The lowest BCUT2D eigenvalue weighted by atomic mass is 9.64. The van der Waals surface area contributed by atoms with E-state index in [1.165, 1.54) is 6.08 Å². The maximum Gasteiger partial charge on any atom is 0.310 e. The van der Waals surface area contributed by atoms with Crippen molar-refractivity contribution in [2.24, 2.45) is 17.3 Å². The molecular weight excluding hydrogens is 380 g/mol. The highest BCUT2D eigenvalue weighted by Gasteiger charge is 2.52. The minimum atomic E-state index is -1.55. The fraction of sp³-hybridized carbons (Fsp3) is 0.667. The van der Waals surface area contributed by atoms with Crippen molar-refractivity contribution in [2.45, 2.75) is 77.5 Å². The Hall–Kier alpha value is -2.08. The molecule has 3 aliphatic heterocycles. The van der Waals surface area contributed by atoms with Crippen LogP contribution in [0.25, 0.3) is 0 Å². The van der Waals surface area contributed by atoms with Gasteiger partial charge in [0.2, 0.25) is 5.78 Å². The van der Waals surface area contributed by atoms with Gasteiger partial charge in [-0.25, -0.2) is 0 Å².